The van der Waals surface area contributed by atoms with E-state index in [1.165, 1.54) is 0 Å². The molecule has 0 bridgehead atoms. The third-order valence-corrected chi connectivity index (χ3v) is 7.14. The van der Waals surface area contributed by atoms with Crippen molar-refractivity contribution in [2.24, 2.45) is 5.41 Å². The maximum absolute atomic E-state index is 5.01. The Hall–Kier alpha value is -4.24. The number of hydrogen-bond acceptors (Lipinski definition) is 7. The summed E-state index contributed by atoms with van der Waals surface area (Å²) in [7, 11) is 2.16. The molecule has 0 spiro atoms. The summed E-state index contributed by atoms with van der Waals surface area (Å²) in [5.74, 6) is 0.726. The van der Waals surface area contributed by atoms with Gasteiger partial charge in [0.25, 0.3) is 0 Å². The highest BCUT2D eigenvalue weighted by Gasteiger charge is 2.20. The largest absolute Gasteiger partial charge is 0.366 e. The van der Waals surface area contributed by atoms with Gasteiger partial charge in [-0.2, -0.15) is 5.10 Å². The van der Waals surface area contributed by atoms with Crippen molar-refractivity contribution in [3.63, 3.8) is 0 Å². The molecular formula is C30H35N9. The van der Waals surface area contributed by atoms with E-state index in [-0.39, 0.29) is 5.41 Å². The quantitative estimate of drug-likeness (QED) is 0.264. The van der Waals surface area contributed by atoms with Gasteiger partial charge in [0, 0.05) is 49.0 Å². The zero-order chi connectivity index (χ0) is 27.1. The number of H-pyrrole nitrogens is 2. The van der Waals surface area contributed by atoms with Gasteiger partial charge in [0.15, 0.2) is 5.82 Å². The van der Waals surface area contributed by atoms with E-state index in [0.717, 1.165) is 94.3 Å². The van der Waals surface area contributed by atoms with Gasteiger partial charge in [0.05, 0.1) is 41.0 Å². The number of likely N-dealkylation sites (N-methyl/N-ethyl adjacent to an activating group) is 1. The standard InChI is InChI=1S/C30H35N9/c1-19(14-30(2,3)4)33-22-12-21(15-31-16-22)20-6-7-24-23(13-20)27(37-36-24)29-34-25-17-32-18-26(28(25)35-29)39-10-8-38(5)9-11-39/h6-7,12-13,15-18,33H,1,8-11,14H2,2-5H3,(H,34,35)(H,36,37). The highest BCUT2D eigenvalue weighted by molar-refractivity contribution is 5.97. The molecule has 9 heteroatoms. The minimum Gasteiger partial charge on any atom is -0.366 e. The maximum atomic E-state index is 5.01. The van der Waals surface area contributed by atoms with Crippen LogP contribution in [0.3, 0.4) is 0 Å². The number of rotatable bonds is 6. The highest BCUT2D eigenvalue weighted by atomic mass is 15.3. The number of piperazine rings is 1. The Morgan fingerprint density at radius 3 is 2.56 bits per heavy atom. The summed E-state index contributed by atoms with van der Waals surface area (Å²) in [5.41, 5.74) is 8.77. The molecule has 0 radical (unpaired) electrons. The van der Waals surface area contributed by atoms with E-state index in [9.17, 15) is 0 Å². The van der Waals surface area contributed by atoms with Crippen LogP contribution in [0.4, 0.5) is 11.4 Å². The van der Waals surface area contributed by atoms with E-state index in [0.29, 0.717) is 0 Å². The fraction of sp³-hybridized carbons (Fsp3) is 0.333. The van der Waals surface area contributed by atoms with E-state index in [1.807, 2.05) is 24.8 Å². The number of nitrogens with zero attached hydrogens (tertiary/aromatic N) is 6. The highest BCUT2D eigenvalue weighted by Crippen LogP contribution is 2.33. The average Bonchev–Trinajstić information content (AvgIpc) is 3.52. The van der Waals surface area contributed by atoms with Crippen LogP contribution in [0.5, 0.6) is 0 Å². The third kappa shape index (κ3) is 5.22. The monoisotopic (exact) mass is 521 g/mol. The van der Waals surface area contributed by atoms with Crippen molar-refractivity contribution in [2.45, 2.75) is 27.2 Å². The summed E-state index contributed by atoms with van der Waals surface area (Å²) < 4.78 is 0. The zero-order valence-corrected chi connectivity index (χ0v) is 23.0. The minimum atomic E-state index is 0.163. The number of benzene rings is 1. The van der Waals surface area contributed by atoms with E-state index in [1.54, 1.807) is 0 Å². The lowest BCUT2D eigenvalue weighted by molar-refractivity contribution is 0.313. The molecule has 1 fully saturated rings. The number of aromatic nitrogens is 6. The number of pyridine rings is 2. The van der Waals surface area contributed by atoms with Crippen LogP contribution in [-0.2, 0) is 0 Å². The molecular weight excluding hydrogens is 486 g/mol. The normalized spacial score (nSPS) is 14.8. The fourth-order valence-electron chi connectivity index (χ4n) is 5.24. The molecule has 200 valence electrons. The van der Waals surface area contributed by atoms with Gasteiger partial charge in [-0.25, -0.2) is 4.98 Å². The van der Waals surface area contributed by atoms with Crippen molar-refractivity contribution in [1.29, 1.82) is 0 Å². The van der Waals surface area contributed by atoms with Crippen LogP contribution >= 0.6 is 0 Å². The number of fused-ring (bicyclic) bond motifs is 2. The maximum Gasteiger partial charge on any atom is 0.159 e. The summed E-state index contributed by atoms with van der Waals surface area (Å²) >= 11 is 0. The first-order valence-electron chi connectivity index (χ1n) is 13.4. The molecule has 9 nitrogen and oxygen atoms in total. The number of imidazole rings is 1. The van der Waals surface area contributed by atoms with Gasteiger partial charge < -0.3 is 20.1 Å². The molecule has 0 amide bonds. The Labute approximate surface area is 228 Å². The number of aromatic amines is 2. The third-order valence-electron chi connectivity index (χ3n) is 7.14. The topological polar surface area (TPSA) is 102 Å². The zero-order valence-electron chi connectivity index (χ0n) is 23.0. The molecule has 3 N–H and O–H groups in total. The summed E-state index contributed by atoms with van der Waals surface area (Å²) in [6, 6.07) is 8.39. The van der Waals surface area contributed by atoms with Crippen LogP contribution in [0.1, 0.15) is 27.2 Å². The van der Waals surface area contributed by atoms with Crippen molar-refractivity contribution >= 4 is 33.3 Å². The fourth-order valence-corrected chi connectivity index (χ4v) is 5.24. The van der Waals surface area contributed by atoms with Crippen LogP contribution < -0.4 is 10.2 Å². The molecule has 39 heavy (non-hydrogen) atoms. The Bertz CT molecular complexity index is 1650. The van der Waals surface area contributed by atoms with Crippen molar-refractivity contribution in [3.05, 3.63) is 61.3 Å². The number of nitrogens with one attached hydrogen (secondary N) is 3. The van der Waals surface area contributed by atoms with E-state index in [4.69, 9.17) is 4.98 Å². The molecule has 0 aliphatic carbocycles. The molecule has 1 aliphatic heterocycles. The van der Waals surface area contributed by atoms with Gasteiger partial charge in [0.2, 0.25) is 0 Å². The van der Waals surface area contributed by atoms with Gasteiger partial charge in [-0.3, -0.25) is 15.1 Å². The number of hydrogen-bond donors (Lipinski definition) is 3. The van der Waals surface area contributed by atoms with E-state index >= 15 is 0 Å². The summed E-state index contributed by atoms with van der Waals surface area (Å²) in [4.78, 5) is 22.2. The number of anilines is 2. The molecule has 0 atom stereocenters. The molecule has 6 rings (SSSR count). The summed E-state index contributed by atoms with van der Waals surface area (Å²) in [5, 5.41) is 12.2. The van der Waals surface area contributed by atoms with Gasteiger partial charge in [-0.1, -0.05) is 33.4 Å². The minimum absolute atomic E-state index is 0.163. The van der Waals surface area contributed by atoms with Crippen molar-refractivity contribution in [3.8, 4) is 22.6 Å². The van der Waals surface area contributed by atoms with Crippen LogP contribution in [0, 0.1) is 5.41 Å². The first kappa shape index (κ1) is 25.1. The van der Waals surface area contributed by atoms with Gasteiger partial charge in [-0.05, 0) is 42.6 Å². The predicted octanol–water partition coefficient (Wildman–Crippen LogP) is 5.68. The molecule has 4 aromatic heterocycles. The van der Waals surface area contributed by atoms with E-state index < -0.39 is 0 Å². The van der Waals surface area contributed by atoms with Crippen LogP contribution in [-0.4, -0.2) is 68.3 Å². The molecule has 1 saturated heterocycles. The Kier molecular flexibility index (Phi) is 6.31. The van der Waals surface area contributed by atoms with Gasteiger partial charge in [-0.15, -0.1) is 0 Å². The average molecular weight is 522 g/mol. The lowest BCUT2D eigenvalue weighted by atomic mass is 9.91. The Morgan fingerprint density at radius 2 is 1.77 bits per heavy atom. The molecule has 0 saturated carbocycles. The van der Waals surface area contributed by atoms with E-state index in [2.05, 4.69) is 98.9 Å². The van der Waals surface area contributed by atoms with Crippen LogP contribution in [0.25, 0.3) is 44.6 Å². The Morgan fingerprint density at radius 1 is 0.974 bits per heavy atom. The molecule has 1 aliphatic rings. The van der Waals surface area contributed by atoms with Gasteiger partial charge >= 0.3 is 0 Å². The first-order valence-corrected chi connectivity index (χ1v) is 13.4. The van der Waals surface area contributed by atoms with Crippen LogP contribution in [0.2, 0.25) is 0 Å². The van der Waals surface area contributed by atoms with Crippen molar-refractivity contribution < 1.29 is 0 Å². The van der Waals surface area contributed by atoms with Crippen LogP contribution in [0.15, 0.2) is 61.3 Å². The smallest absolute Gasteiger partial charge is 0.159 e. The molecule has 1 aromatic carbocycles. The van der Waals surface area contributed by atoms with Crippen molar-refractivity contribution in [2.75, 3.05) is 43.4 Å². The lowest BCUT2D eigenvalue weighted by Crippen LogP contribution is -2.44. The number of allylic oxidation sites excluding steroid dienone is 1. The molecule has 5 heterocycles. The predicted molar refractivity (Wildman–Crippen MR) is 159 cm³/mol. The molecule has 0 unspecified atom stereocenters. The summed E-state index contributed by atoms with van der Waals surface area (Å²) in [6.45, 7) is 14.8. The summed E-state index contributed by atoms with van der Waals surface area (Å²) in [6.07, 6.45) is 8.35. The second-order valence-electron chi connectivity index (χ2n) is 11.7. The van der Waals surface area contributed by atoms with Gasteiger partial charge in [0.1, 0.15) is 11.2 Å². The molecule has 5 aromatic rings. The second-order valence-corrected chi connectivity index (χ2v) is 11.7. The Balaban J connectivity index is 1.32. The first-order chi connectivity index (χ1) is 18.7. The SMILES string of the molecule is C=C(CC(C)(C)C)Nc1cncc(-c2ccc3[nH]nc(-c4nc5c(N6CCN(C)CC6)cncc5[nH]4)c3c2)c1. The second kappa shape index (κ2) is 9.81. The van der Waals surface area contributed by atoms with Crippen molar-refractivity contribution in [1.82, 2.24) is 35.0 Å². The lowest BCUT2D eigenvalue weighted by Gasteiger charge is -2.33.